The maximum absolute atomic E-state index is 13.1. The minimum atomic E-state index is -1.49. The number of anilines is 1. The molecule has 42 heavy (non-hydrogen) atoms. The number of hydrogen-bond donors (Lipinski definition) is 1. The third kappa shape index (κ3) is 6.13. The molecule has 1 N–H and O–H groups in total. The summed E-state index contributed by atoms with van der Waals surface area (Å²) in [5.74, 6) is 1.65. The van der Waals surface area contributed by atoms with Crippen LogP contribution in [0.4, 0.5) is 5.82 Å². The van der Waals surface area contributed by atoms with Crippen molar-refractivity contribution >= 4 is 34.3 Å². The van der Waals surface area contributed by atoms with E-state index in [1.54, 1.807) is 13.2 Å². The summed E-state index contributed by atoms with van der Waals surface area (Å²) >= 11 is 6.42. The number of rotatable bonds is 9. The molecule has 1 amide bonds. The van der Waals surface area contributed by atoms with Crippen LogP contribution in [0.25, 0.3) is 0 Å². The Kier molecular flexibility index (Phi) is 9.36. The van der Waals surface area contributed by atoms with E-state index in [9.17, 15) is 9.00 Å². The lowest BCUT2D eigenvalue weighted by atomic mass is 9.64. The molecule has 7 nitrogen and oxygen atoms in total. The number of nitrogens with zero attached hydrogens (tertiary/aromatic N) is 2. The van der Waals surface area contributed by atoms with Gasteiger partial charge < -0.3 is 14.4 Å². The highest BCUT2D eigenvalue weighted by Gasteiger charge is 2.47. The van der Waals surface area contributed by atoms with Crippen LogP contribution in [0.3, 0.4) is 0 Å². The van der Waals surface area contributed by atoms with Gasteiger partial charge in [0.25, 0.3) is 5.91 Å². The third-order valence-corrected chi connectivity index (χ3v) is 10.9. The molecule has 0 bridgehead atoms. The first-order valence-electron chi connectivity index (χ1n) is 15.2. The molecule has 3 unspecified atom stereocenters. The number of benzene rings is 1. The number of carbonyl (C=O) groups is 1. The van der Waals surface area contributed by atoms with Crippen LogP contribution in [0.15, 0.2) is 42.5 Å². The average molecular weight is 614 g/mol. The standard InChI is InChI=1S/C33H44ClN3O4S/c1-6-7-16-32(4,40-5)26-12-10-24(26)19-37-20-33(17-8-9-23-18-25(34)11-13-27(23)33)21-41-29-15-14-28(35-30(29)37)31(38)36-42(39)22(2)3/h7,11,13-16,18,22,24,26H,6,8-10,12,17,19-21H2,1-5H3,(H,36,38)/b16-7+/t24?,26?,32-,33-,42?/m0/s1. The minimum absolute atomic E-state index is 0.193. The lowest BCUT2D eigenvalue weighted by Gasteiger charge is -2.49. The first-order chi connectivity index (χ1) is 20.1. The van der Waals surface area contributed by atoms with Crippen molar-refractivity contribution in [1.29, 1.82) is 0 Å². The number of nitrogens with one attached hydrogen (secondary N) is 1. The van der Waals surface area contributed by atoms with E-state index in [4.69, 9.17) is 26.1 Å². The number of aryl methyl sites for hydroxylation is 1. The van der Waals surface area contributed by atoms with E-state index >= 15 is 0 Å². The van der Waals surface area contributed by atoms with E-state index in [0.29, 0.717) is 30.0 Å². The average Bonchev–Trinajstić information content (AvgIpc) is 3.10. The quantitative estimate of drug-likeness (QED) is 0.329. The second-order valence-electron chi connectivity index (χ2n) is 12.5. The molecule has 5 rings (SSSR count). The number of aromatic nitrogens is 1. The lowest BCUT2D eigenvalue weighted by molar-refractivity contribution is -0.0621. The zero-order chi connectivity index (χ0) is 30.1. The van der Waals surface area contributed by atoms with E-state index in [2.05, 4.69) is 47.8 Å². The fourth-order valence-electron chi connectivity index (χ4n) is 6.89. The third-order valence-electron chi connectivity index (χ3n) is 9.46. The van der Waals surface area contributed by atoms with Crippen LogP contribution in [-0.4, -0.2) is 52.8 Å². The number of carbonyl (C=O) groups excluding carboxylic acids is 1. The van der Waals surface area contributed by atoms with Crippen LogP contribution in [0.2, 0.25) is 5.02 Å². The Morgan fingerprint density at radius 1 is 1.33 bits per heavy atom. The van der Waals surface area contributed by atoms with Crippen molar-refractivity contribution in [1.82, 2.24) is 9.71 Å². The molecule has 1 spiro atoms. The molecular formula is C33H44ClN3O4S. The molecule has 0 radical (unpaired) electrons. The van der Waals surface area contributed by atoms with Crippen LogP contribution >= 0.6 is 11.6 Å². The highest BCUT2D eigenvalue weighted by molar-refractivity contribution is 7.84. The molecule has 5 atom stereocenters. The SMILES string of the molecule is CC/C=C/[C@](C)(OC)C1CCC1CN1C[C@@]2(CCCc3cc(Cl)ccc32)COc2ccc(C(=O)NS(=O)C(C)C)nc21. The number of methoxy groups -OCH3 is 1. The maximum atomic E-state index is 13.1. The summed E-state index contributed by atoms with van der Waals surface area (Å²) in [4.78, 5) is 20.3. The summed E-state index contributed by atoms with van der Waals surface area (Å²) < 4.78 is 27.6. The maximum Gasteiger partial charge on any atom is 0.281 e. The Balaban J connectivity index is 1.52. The van der Waals surface area contributed by atoms with Crippen LogP contribution in [-0.2, 0) is 27.6 Å². The summed E-state index contributed by atoms with van der Waals surface area (Å²) in [7, 11) is 0.315. The molecule has 1 aromatic heterocycles. The lowest BCUT2D eigenvalue weighted by Crippen LogP contribution is -2.52. The molecule has 228 valence electrons. The van der Waals surface area contributed by atoms with Gasteiger partial charge in [-0.2, -0.15) is 0 Å². The minimum Gasteiger partial charge on any atom is -0.489 e. The van der Waals surface area contributed by atoms with Crippen LogP contribution in [0.5, 0.6) is 5.75 Å². The van der Waals surface area contributed by atoms with E-state index in [-0.39, 0.29) is 22.0 Å². The summed E-state index contributed by atoms with van der Waals surface area (Å²) in [5.41, 5.74) is 2.24. The topological polar surface area (TPSA) is 80.8 Å². The smallest absolute Gasteiger partial charge is 0.281 e. The number of hydrogen-bond acceptors (Lipinski definition) is 6. The van der Waals surface area contributed by atoms with Gasteiger partial charge in [-0.25, -0.2) is 9.19 Å². The van der Waals surface area contributed by atoms with Gasteiger partial charge in [-0.15, -0.1) is 0 Å². The molecule has 1 aromatic carbocycles. The Morgan fingerprint density at radius 3 is 2.83 bits per heavy atom. The number of fused-ring (bicyclic) bond motifs is 3. The summed E-state index contributed by atoms with van der Waals surface area (Å²) in [6.07, 6.45) is 10.6. The number of allylic oxidation sites excluding steroid dienone is 1. The molecule has 3 aliphatic rings. The predicted molar refractivity (Wildman–Crippen MR) is 170 cm³/mol. The van der Waals surface area contributed by atoms with Gasteiger partial charge in [0, 0.05) is 35.9 Å². The molecule has 1 fully saturated rings. The number of pyridine rings is 1. The summed E-state index contributed by atoms with van der Waals surface area (Å²) in [6, 6.07) is 9.76. The summed E-state index contributed by atoms with van der Waals surface area (Å²) in [6.45, 7) is 9.98. The van der Waals surface area contributed by atoms with Gasteiger partial charge in [0.1, 0.15) is 16.7 Å². The van der Waals surface area contributed by atoms with Crippen LogP contribution in [0.1, 0.15) is 81.4 Å². The molecular weight excluding hydrogens is 570 g/mol. The Labute approximate surface area is 258 Å². The molecule has 2 heterocycles. The Hall–Kier alpha value is -2.42. The van der Waals surface area contributed by atoms with Gasteiger partial charge in [-0.1, -0.05) is 36.7 Å². The largest absolute Gasteiger partial charge is 0.489 e. The molecule has 1 saturated carbocycles. The van der Waals surface area contributed by atoms with Crippen molar-refractivity contribution < 1.29 is 18.5 Å². The van der Waals surface area contributed by atoms with Crippen molar-refractivity contribution in [3.8, 4) is 5.75 Å². The highest BCUT2D eigenvalue weighted by Crippen LogP contribution is 2.48. The second kappa shape index (κ2) is 12.7. The molecule has 0 saturated heterocycles. The van der Waals surface area contributed by atoms with Gasteiger partial charge in [0.15, 0.2) is 11.6 Å². The van der Waals surface area contributed by atoms with Gasteiger partial charge in [-0.05, 0) is 107 Å². The van der Waals surface area contributed by atoms with Gasteiger partial charge in [-0.3, -0.25) is 9.52 Å². The molecule has 1 aliphatic heterocycles. The van der Waals surface area contributed by atoms with Crippen LogP contribution < -0.4 is 14.4 Å². The number of halogens is 1. The van der Waals surface area contributed by atoms with Gasteiger partial charge in [0.05, 0.1) is 12.2 Å². The predicted octanol–water partition coefficient (Wildman–Crippen LogP) is 6.41. The van der Waals surface area contributed by atoms with Crippen LogP contribution in [0, 0.1) is 11.8 Å². The normalized spacial score (nSPS) is 25.6. The number of amides is 1. The van der Waals surface area contributed by atoms with E-state index in [1.807, 2.05) is 26.0 Å². The van der Waals surface area contributed by atoms with E-state index in [1.165, 1.54) is 11.1 Å². The first-order valence-corrected chi connectivity index (χ1v) is 16.8. The van der Waals surface area contributed by atoms with Gasteiger partial charge in [0.2, 0.25) is 0 Å². The van der Waals surface area contributed by atoms with E-state index in [0.717, 1.165) is 56.6 Å². The number of ether oxygens (including phenoxy) is 2. The molecule has 9 heteroatoms. The van der Waals surface area contributed by atoms with Crippen molar-refractivity contribution in [2.75, 3.05) is 31.7 Å². The van der Waals surface area contributed by atoms with Crippen molar-refractivity contribution in [3.05, 3.63) is 64.3 Å². The monoisotopic (exact) mass is 613 g/mol. The van der Waals surface area contributed by atoms with Crippen molar-refractivity contribution in [3.63, 3.8) is 0 Å². The Morgan fingerprint density at radius 2 is 2.14 bits per heavy atom. The zero-order valence-electron chi connectivity index (χ0n) is 25.5. The first kappa shape index (κ1) is 31.0. The highest BCUT2D eigenvalue weighted by atomic mass is 35.5. The fourth-order valence-corrected chi connectivity index (χ4v) is 7.61. The second-order valence-corrected chi connectivity index (χ2v) is 14.7. The van der Waals surface area contributed by atoms with Crippen molar-refractivity contribution in [2.45, 2.75) is 82.5 Å². The Bertz CT molecular complexity index is 1370. The summed E-state index contributed by atoms with van der Waals surface area (Å²) in [5, 5.41) is 0.564. The fraction of sp³-hybridized carbons (Fsp3) is 0.576. The molecule has 2 aliphatic carbocycles. The van der Waals surface area contributed by atoms with Crippen molar-refractivity contribution in [2.24, 2.45) is 11.8 Å². The molecule has 2 aromatic rings. The van der Waals surface area contributed by atoms with E-state index < -0.39 is 16.9 Å². The van der Waals surface area contributed by atoms with Gasteiger partial charge >= 0.3 is 0 Å². The zero-order valence-corrected chi connectivity index (χ0v) is 27.0.